The topological polar surface area (TPSA) is 75.7 Å². The quantitative estimate of drug-likeness (QED) is 0.717. The van der Waals surface area contributed by atoms with Gasteiger partial charge >= 0.3 is 0 Å². The van der Waals surface area contributed by atoms with Gasteiger partial charge < -0.3 is 10.1 Å². The number of carbonyl (C=O) groups excluding carboxylic acids is 3. The Kier molecular flexibility index (Phi) is 6.28. The molecule has 0 saturated carbocycles. The van der Waals surface area contributed by atoms with E-state index in [0.29, 0.717) is 35.7 Å². The van der Waals surface area contributed by atoms with E-state index in [-0.39, 0.29) is 10.6 Å². The number of hydrogen-bond donors (Lipinski definition) is 1. The summed E-state index contributed by atoms with van der Waals surface area (Å²) in [5.74, 6) is -2.46. The third-order valence-electron chi connectivity index (χ3n) is 3.87. The van der Waals surface area contributed by atoms with Crippen LogP contribution in [0, 0.1) is 11.6 Å². The summed E-state index contributed by atoms with van der Waals surface area (Å²) in [4.78, 5) is 37.6. The Balaban J connectivity index is 1.67. The molecule has 2 aromatic rings. The maximum Gasteiger partial charge on any atom is 0.294 e. The van der Waals surface area contributed by atoms with Gasteiger partial charge in [-0.3, -0.25) is 19.3 Å². The lowest BCUT2D eigenvalue weighted by molar-refractivity contribution is -0.127. The van der Waals surface area contributed by atoms with Gasteiger partial charge in [-0.25, -0.2) is 8.78 Å². The van der Waals surface area contributed by atoms with Crippen molar-refractivity contribution in [3.63, 3.8) is 0 Å². The van der Waals surface area contributed by atoms with Gasteiger partial charge in [-0.1, -0.05) is 12.1 Å². The third kappa shape index (κ3) is 5.00. The van der Waals surface area contributed by atoms with Crippen molar-refractivity contribution in [2.24, 2.45) is 0 Å². The van der Waals surface area contributed by atoms with Crippen molar-refractivity contribution < 1.29 is 27.9 Å². The monoisotopic (exact) mass is 418 g/mol. The standard InChI is InChI=1S/C20H16F2N2O4S/c1-2-28-14-6-3-12(4-7-14)9-17-19(26)24(20(27)29-17)11-18(25)23-16-8-5-13(21)10-15(16)22/h3-10H,2,11H2,1H3,(H,23,25)/b17-9+. The van der Waals surface area contributed by atoms with Crippen LogP contribution in [0.2, 0.25) is 0 Å². The third-order valence-corrected chi connectivity index (χ3v) is 4.78. The van der Waals surface area contributed by atoms with Crippen LogP contribution in [-0.2, 0) is 9.59 Å². The van der Waals surface area contributed by atoms with Gasteiger partial charge in [0.2, 0.25) is 5.91 Å². The summed E-state index contributed by atoms with van der Waals surface area (Å²) >= 11 is 0.708. The van der Waals surface area contributed by atoms with E-state index in [0.717, 1.165) is 17.0 Å². The lowest BCUT2D eigenvalue weighted by Crippen LogP contribution is -2.36. The van der Waals surface area contributed by atoms with Crippen LogP contribution >= 0.6 is 11.8 Å². The molecular formula is C20H16F2N2O4S. The SMILES string of the molecule is CCOc1ccc(/C=C2/SC(=O)N(CC(=O)Nc3ccc(F)cc3F)C2=O)cc1. The molecule has 9 heteroatoms. The minimum absolute atomic E-state index is 0.167. The molecule has 1 aliphatic rings. The van der Waals surface area contributed by atoms with E-state index in [4.69, 9.17) is 4.74 Å². The van der Waals surface area contributed by atoms with Crippen LogP contribution in [0.1, 0.15) is 12.5 Å². The molecule has 0 unspecified atom stereocenters. The zero-order valence-electron chi connectivity index (χ0n) is 15.3. The Labute approximate surface area is 169 Å². The first-order valence-corrected chi connectivity index (χ1v) is 9.42. The van der Waals surface area contributed by atoms with Crippen molar-refractivity contribution in [3.05, 3.63) is 64.6 Å². The summed E-state index contributed by atoms with van der Waals surface area (Å²) in [6.07, 6.45) is 1.54. The fourth-order valence-electron chi connectivity index (χ4n) is 2.54. The molecule has 2 aromatic carbocycles. The second kappa shape index (κ2) is 8.87. The Morgan fingerprint density at radius 2 is 1.90 bits per heavy atom. The molecule has 150 valence electrons. The minimum Gasteiger partial charge on any atom is -0.494 e. The number of amides is 3. The molecule has 6 nitrogen and oxygen atoms in total. The maximum absolute atomic E-state index is 13.6. The number of benzene rings is 2. The highest BCUT2D eigenvalue weighted by molar-refractivity contribution is 8.18. The fraction of sp³-hybridized carbons (Fsp3) is 0.150. The summed E-state index contributed by atoms with van der Waals surface area (Å²) < 4.78 is 31.9. The normalized spacial score (nSPS) is 15.1. The van der Waals surface area contributed by atoms with Crippen LogP contribution < -0.4 is 10.1 Å². The van der Waals surface area contributed by atoms with Crippen molar-refractivity contribution in [2.45, 2.75) is 6.92 Å². The van der Waals surface area contributed by atoms with Gasteiger partial charge in [0.1, 0.15) is 23.9 Å². The lowest BCUT2D eigenvalue weighted by atomic mass is 10.2. The molecule has 29 heavy (non-hydrogen) atoms. The lowest BCUT2D eigenvalue weighted by Gasteiger charge is -2.12. The van der Waals surface area contributed by atoms with E-state index in [9.17, 15) is 23.2 Å². The van der Waals surface area contributed by atoms with Crippen molar-refractivity contribution >= 4 is 40.6 Å². The van der Waals surface area contributed by atoms with E-state index in [2.05, 4.69) is 5.32 Å². The van der Waals surface area contributed by atoms with Gasteiger partial charge in [-0.2, -0.15) is 0 Å². The molecular weight excluding hydrogens is 402 g/mol. The fourth-order valence-corrected chi connectivity index (χ4v) is 3.38. The van der Waals surface area contributed by atoms with Crippen LogP contribution in [0.25, 0.3) is 6.08 Å². The first-order valence-electron chi connectivity index (χ1n) is 8.60. The van der Waals surface area contributed by atoms with Gasteiger partial charge in [0.05, 0.1) is 17.2 Å². The maximum atomic E-state index is 13.6. The highest BCUT2D eigenvalue weighted by Crippen LogP contribution is 2.32. The van der Waals surface area contributed by atoms with Crippen molar-refractivity contribution in [3.8, 4) is 5.75 Å². The van der Waals surface area contributed by atoms with Crippen molar-refractivity contribution in [1.82, 2.24) is 4.90 Å². The average molecular weight is 418 g/mol. The molecule has 0 bridgehead atoms. The molecule has 1 aliphatic heterocycles. The van der Waals surface area contributed by atoms with Crippen LogP contribution in [0.15, 0.2) is 47.4 Å². The highest BCUT2D eigenvalue weighted by Gasteiger charge is 2.36. The number of ether oxygens (including phenoxy) is 1. The molecule has 1 fully saturated rings. The predicted molar refractivity (Wildman–Crippen MR) is 105 cm³/mol. The molecule has 3 amide bonds. The number of nitrogens with one attached hydrogen (secondary N) is 1. The number of carbonyl (C=O) groups is 3. The Morgan fingerprint density at radius 3 is 2.55 bits per heavy atom. The van der Waals surface area contributed by atoms with Gasteiger partial charge in [0.25, 0.3) is 11.1 Å². The van der Waals surface area contributed by atoms with E-state index < -0.39 is 35.2 Å². The van der Waals surface area contributed by atoms with E-state index in [1.54, 1.807) is 24.3 Å². The molecule has 3 rings (SSSR count). The van der Waals surface area contributed by atoms with Crippen LogP contribution in [0.3, 0.4) is 0 Å². The molecule has 1 saturated heterocycles. The largest absolute Gasteiger partial charge is 0.494 e. The molecule has 0 radical (unpaired) electrons. The number of halogens is 2. The Bertz CT molecular complexity index is 992. The van der Waals surface area contributed by atoms with Crippen LogP contribution in [-0.4, -0.2) is 35.1 Å². The summed E-state index contributed by atoms with van der Waals surface area (Å²) in [6.45, 7) is 1.81. The first-order chi connectivity index (χ1) is 13.9. The second-order valence-electron chi connectivity index (χ2n) is 5.94. The minimum atomic E-state index is -0.956. The molecule has 0 aliphatic carbocycles. The molecule has 0 spiro atoms. The number of nitrogens with zero attached hydrogens (tertiary/aromatic N) is 1. The summed E-state index contributed by atoms with van der Waals surface area (Å²) in [5.41, 5.74) is 0.449. The zero-order valence-corrected chi connectivity index (χ0v) is 16.1. The molecule has 1 N–H and O–H groups in total. The number of hydrogen-bond acceptors (Lipinski definition) is 5. The molecule has 1 heterocycles. The van der Waals surface area contributed by atoms with Gasteiger partial charge in [0.15, 0.2) is 0 Å². The second-order valence-corrected chi connectivity index (χ2v) is 6.94. The molecule has 0 atom stereocenters. The number of thioether (sulfide) groups is 1. The Hall–Kier alpha value is -3.20. The van der Waals surface area contributed by atoms with Gasteiger partial charge in [-0.15, -0.1) is 0 Å². The summed E-state index contributed by atoms with van der Waals surface area (Å²) in [5, 5.41) is 1.61. The van der Waals surface area contributed by atoms with Gasteiger partial charge in [0, 0.05) is 6.07 Å². The smallest absolute Gasteiger partial charge is 0.294 e. The van der Waals surface area contributed by atoms with Crippen molar-refractivity contribution in [2.75, 3.05) is 18.5 Å². The van der Waals surface area contributed by atoms with Crippen LogP contribution in [0.5, 0.6) is 5.75 Å². The first kappa shape index (κ1) is 20.5. The van der Waals surface area contributed by atoms with E-state index in [1.807, 2.05) is 6.92 Å². The average Bonchev–Trinajstić information content (AvgIpc) is 2.93. The highest BCUT2D eigenvalue weighted by atomic mass is 32.2. The number of rotatable bonds is 6. The predicted octanol–water partition coefficient (Wildman–Crippen LogP) is 4.04. The van der Waals surface area contributed by atoms with Crippen LogP contribution in [0.4, 0.5) is 19.3 Å². The van der Waals surface area contributed by atoms with E-state index >= 15 is 0 Å². The zero-order chi connectivity index (χ0) is 21.0. The Morgan fingerprint density at radius 1 is 1.17 bits per heavy atom. The van der Waals surface area contributed by atoms with Crippen molar-refractivity contribution in [1.29, 1.82) is 0 Å². The summed E-state index contributed by atoms with van der Waals surface area (Å²) in [6, 6.07) is 9.62. The van der Waals surface area contributed by atoms with E-state index in [1.165, 1.54) is 6.08 Å². The molecule has 0 aromatic heterocycles. The number of anilines is 1. The van der Waals surface area contributed by atoms with Gasteiger partial charge in [-0.05, 0) is 54.6 Å². The summed E-state index contributed by atoms with van der Waals surface area (Å²) in [7, 11) is 0. The number of imide groups is 1.